The van der Waals surface area contributed by atoms with E-state index in [0.717, 1.165) is 12.1 Å². The van der Waals surface area contributed by atoms with E-state index < -0.39 is 51.1 Å². The highest BCUT2D eigenvalue weighted by atomic mass is 16.5. The van der Waals surface area contributed by atoms with Crippen LogP contribution in [0.4, 0.5) is 0 Å². The SMILES string of the molecule is CC(C)(C)c1cc(C2CC(=O)Oc3cc(O)c4c(=O)c(O)c(-c5ccc(O)c(O)c5)oc4c32)cc(C(C)(C)C)c1O. The molecule has 0 radical (unpaired) electrons. The third-order valence-corrected chi connectivity index (χ3v) is 7.45. The molecule has 5 N–H and O–H groups in total. The molecule has 1 aliphatic heterocycles. The molecule has 0 fully saturated rings. The number of aromatic hydroxyl groups is 5. The Morgan fingerprint density at radius 2 is 1.37 bits per heavy atom. The topological polar surface area (TPSA) is 158 Å². The molecule has 9 nitrogen and oxygen atoms in total. The number of carbonyl (C=O) groups is 1. The Kier molecular flexibility index (Phi) is 6.25. The molecular formula is C32H32O9. The van der Waals surface area contributed by atoms with Crippen LogP contribution in [0.25, 0.3) is 22.3 Å². The van der Waals surface area contributed by atoms with Crippen molar-refractivity contribution in [3.05, 3.63) is 68.9 Å². The van der Waals surface area contributed by atoms with Crippen LogP contribution in [0.3, 0.4) is 0 Å². The maximum Gasteiger partial charge on any atom is 0.312 e. The molecule has 1 aromatic heterocycles. The minimum absolute atomic E-state index is 0.00714. The summed E-state index contributed by atoms with van der Waals surface area (Å²) in [5, 5.41) is 52.3. The van der Waals surface area contributed by atoms with Gasteiger partial charge >= 0.3 is 5.97 Å². The van der Waals surface area contributed by atoms with Gasteiger partial charge in [-0.25, -0.2) is 0 Å². The second-order valence-corrected chi connectivity index (χ2v) is 12.5. The van der Waals surface area contributed by atoms with E-state index in [1.165, 1.54) is 12.1 Å². The summed E-state index contributed by atoms with van der Waals surface area (Å²) in [6, 6.07) is 8.45. The highest BCUT2D eigenvalue weighted by Gasteiger charge is 2.37. The van der Waals surface area contributed by atoms with Gasteiger partial charge in [-0.3, -0.25) is 9.59 Å². The summed E-state index contributed by atoms with van der Waals surface area (Å²) < 4.78 is 11.6. The van der Waals surface area contributed by atoms with Gasteiger partial charge in [-0.05, 0) is 45.7 Å². The van der Waals surface area contributed by atoms with Crippen molar-refractivity contribution in [1.29, 1.82) is 0 Å². The monoisotopic (exact) mass is 560 g/mol. The molecule has 0 spiro atoms. The number of esters is 1. The normalized spacial score (nSPS) is 15.6. The van der Waals surface area contributed by atoms with Crippen molar-refractivity contribution in [2.75, 3.05) is 0 Å². The van der Waals surface area contributed by atoms with Gasteiger partial charge in [0.05, 0.1) is 6.42 Å². The van der Waals surface area contributed by atoms with E-state index in [9.17, 15) is 35.1 Å². The molecular weight excluding hydrogens is 528 g/mol. The summed E-state index contributed by atoms with van der Waals surface area (Å²) in [6.45, 7) is 11.8. The molecule has 2 heterocycles. The second kappa shape index (κ2) is 9.19. The highest BCUT2D eigenvalue weighted by Crippen LogP contribution is 2.49. The maximum atomic E-state index is 13.4. The number of carbonyl (C=O) groups excluding carboxylic acids is 1. The molecule has 0 bridgehead atoms. The van der Waals surface area contributed by atoms with Gasteiger partial charge in [-0.15, -0.1) is 0 Å². The van der Waals surface area contributed by atoms with Gasteiger partial charge in [0.25, 0.3) is 0 Å². The number of hydrogen-bond donors (Lipinski definition) is 5. The molecule has 1 unspecified atom stereocenters. The molecule has 1 atom stereocenters. The Morgan fingerprint density at radius 1 is 0.756 bits per heavy atom. The summed E-state index contributed by atoms with van der Waals surface area (Å²) in [7, 11) is 0. The predicted octanol–water partition coefficient (Wildman–Crippen LogP) is 6.02. The Labute approximate surface area is 235 Å². The average molecular weight is 561 g/mol. The quantitative estimate of drug-likeness (QED) is 0.112. The van der Waals surface area contributed by atoms with Gasteiger partial charge in [0.1, 0.15) is 28.2 Å². The van der Waals surface area contributed by atoms with Crippen molar-refractivity contribution in [3.8, 4) is 45.8 Å². The summed E-state index contributed by atoms with van der Waals surface area (Å²) in [6.07, 6.45) is -0.120. The van der Waals surface area contributed by atoms with Crippen molar-refractivity contribution < 1.29 is 39.5 Å². The van der Waals surface area contributed by atoms with Crippen LogP contribution in [0.1, 0.15) is 76.1 Å². The van der Waals surface area contributed by atoms with Crippen molar-refractivity contribution in [2.45, 2.75) is 64.7 Å². The van der Waals surface area contributed by atoms with Crippen molar-refractivity contribution in [3.63, 3.8) is 0 Å². The second-order valence-electron chi connectivity index (χ2n) is 12.5. The van der Waals surface area contributed by atoms with Gasteiger partial charge in [0.15, 0.2) is 17.3 Å². The Bertz CT molecular complexity index is 1760. The van der Waals surface area contributed by atoms with E-state index in [1.807, 2.05) is 53.7 Å². The average Bonchev–Trinajstić information content (AvgIpc) is 2.85. The lowest BCUT2D eigenvalue weighted by Gasteiger charge is -2.31. The molecule has 0 amide bonds. The predicted molar refractivity (Wildman–Crippen MR) is 152 cm³/mol. The van der Waals surface area contributed by atoms with Crippen LogP contribution >= 0.6 is 0 Å². The number of phenolic OH excluding ortho intramolecular Hbond substituents is 4. The van der Waals surface area contributed by atoms with Crippen LogP contribution in [-0.4, -0.2) is 31.5 Å². The fourth-order valence-electron chi connectivity index (χ4n) is 5.33. The smallest absolute Gasteiger partial charge is 0.312 e. The zero-order valence-corrected chi connectivity index (χ0v) is 23.6. The fourth-order valence-corrected chi connectivity index (χ4v) is 5.33. The number of hydrogen-bond acceptors (Lipinski definition) is 9. The molecule has 4 aromatic rings. The van der Waals surface area contributed by atoms with Gasteiger partial charge in [0.2, 0.25) is 11.2 Å². The minimum Gasteiger partial charge on any atom is -0.507 e. The number of ether oxygens (including phenoxy) is 1. The molecule has 3 aromatic carbocycles. The molecule has 0 saturated heterocycles. The number of rotatable bonds is 2. The lowest BCUT2D eigenvalue weighted by molar-refractivity contribution is -0.135. The molecule has 1 aliphatic rings. The Balaban J connectivity index is 1.88. The lowest BCUT2D eigenvalue weighted by atomic mass is 9.75. The van der Waals surface area contributed by atoms with E-state index in [0.29, 0.717) is 22.3 Å². The van der Waals surface area contributed by atoms with Crippen molar-refractivity contribution in [2.24, 2.45) is 0 Å². The minimum atomic E-state index is -0.929. The maximum absolute atomic E-state index is 13.4. The van der Waals surface area contributed by atoms with E-state index >= 15 is 0 Å². The molecule has 9 heteroatoms. The third kappa shape index (κ3) is 4.61. The van der Waals surface area contributed by atoms with Gasteiger partial charge < -0.3 is 34.7 Å². The number of fused-ring (bicyclic) bond motifs is 3. The fraction of sp³-hybridized carbons (Fsp3) is 0.312. The zero-order valence-electron chi connectivity index (χ0n) is 23.6. The van der Waals surface area contributed by atoms with E-state index in [1.54, 1.807) is 0 Å². The van der Waals surface area contributed by atoms with Crippen LogP contribution in [0.15, 0.2) is 45.6 Å². The molecule has 0 aliphatic carbocycles. The van der Waals surface area contributed by atoms with E-state index in [4.69, 9.17) is 9.15 Å². The summed E-state index contributed by atoms with van der Waals surface area (Å²) in [4.78, 5) is 26.2. The van der Waals surface area contributed by atoms with Crippen LogP contribution in [-0.2, 0) is 15.6 Å². The number of benzene rings is 3. The molecule has 41 heavy (non-hydrogen) atoms. The first-order valence-electron chi connectivity index (χ1n) is 13.2. The molecule has 5 rings (SSSR count). The van der Waals surface area contributed by atoms with Gasteiger partial charge in [-0.2, -0.15) is 0 Å². The molecule has 0 saturated carbocycles. The largest absolute Gasteiger partial charge is 0.507 e. The lowest BCUT2D eigenvalue weighted by Crippen LogP contribution is -2.24. The van der Waals surface area contributed by atoms with Gasteiger partial charge in [0, 0.05) is 23.1 Å². The van der Waals surface area contributed by atoms with Crippen LogP contribution < -0.4 is 10.2 Å². The van der Waals surface area contributed by atoms with E-state index in [2.05, 4.69) is 0 Å². The first-order chi connectivity index (χ1) is 19.0. The van der Waals surface area contributed by atoms with Crippen molar-refractivity contribution >= 4 is 16.9 Å². The van der Waals surface area contributed by atoms with Crippen LogP contribution in [0.2, 0.25) is 0 Å². The Morgan fingerprint density at radius 3 is 1.93 bits per heavy atom. The zero-order chi connectivity index (χ0) is 30.2. The standard InChI is InChI=1S/C32H32O9/c1-31(2,3)17-9-15(10-18(26(17)37)32(4,5)6)16-12-23(36)40-22-13-21(35)25-27(38)28(39)29(41-30(25)24(16)22)14-7-8-19(33)20(34)11-14/h7-11,13,16,33-35,37,39H,12H2,1-6H3. The summed E-state index contributed by atoms with van der Waals surface area (Å²) in [5.74, 6) is -3.68. The number of phenols is 4. The first kappa shape index (κ1) is 27.9. The summed E-state index contributed by atoms with van der Waals surface area (Å²) in [5.41, 5.74) is 0.458. The summed E-state index contributed by atoms with van der Waals surface area (Å²) >= 11 is 0. The van der Waals surface area contributed by atoms with Gasteiger partial charge in [-0.1, -0.05) is 53.7 Å². The Hall–Kier alpha value is -4.66. The highest BCUT2D eigenvalue weighted by molar-refractivity contribution is 5.94. The van der Waals surface area contributed by atoms with Crippen molar-refractivity contribution in [1.82, 2.24) is 0 Å². The molecule has 214 valence electrons. The van der Waals surface area contributed by atoms with E-state index in [-0.39, 0.29) is 40.2 Å². The van der Waals surface area contributed by atoms with Crippen LogP contribution in [0.5, 0.6) is 34.5 Å². The first-order valence-corrected chi connectivity index (χ1v) is 13.2. The third-order valence-electron chi connectivity index (χ3n) is 7.45. The van der Waals surface area contributed by atoms with Crippen LogP contribution in [0, 0.1) is 0 Å².